The highest BCUT2D eigenvalue weighted by atomic mass is 16.5. The van der Waals surface area contributed by atoms with Crippen molar-refractivity contribution >= 4 is 0 Å². The van der Waals surface area contributed by atoms with E-state index in [9.17, 15) is 5.11 Å². The van der Waals surface area contributed by atoms with E-state index in [2.05, 4.69) is 13.8 Å². The fourth-order valence-electron chi connectivity index (χ4n) is 2.88. The maximum atomic E-state index is 10.6. The number of aliphatic hydroxyl groups excluding tert-OH is 1. The lowest BCUT2D eigenvalue weighted by Gasteiger charge is -2.45. The molecule has 1 aromatic carbocycles. The Labute approximate surface area is 110 Å². The second-order valence-electron chi connectivity index (χ2n) is 6.25. The van der Waals surface area contributed by atoms with Gasteiger partial charge in [0.05, 0.1) is 5.60 Å². The van der Waals surface area contributed by atoms with Crippen molar-refractivity contribution in [1.82, 2.24) is 0 Å². The summed E-state index contributed by atoms with van der Waals surface area (Å²) in [5, 5.41) is 10.6. The van der Waals surface area contributed by atoms with Crippen LogP contribution < -0.4 is 0 Å². The van der Waals surface area contributed by atoms with E-state index < -0.39 is 11.7 Å². The Bertz CT molecular complexity index is 373. The lowest BCUT2D eigenvalue weighted by Crippen LogP contribution is -2.43. The van der Waals surface area contributed by atoms with Gasteiger partial charge in [-0.15, -0.1) is 0 Å². The van der Waals surface area contributed by atoms with Crippen LogP contribution in [0.15, 0.2) is 30.3 Å². The smallest absolute Gasteiger partial charge is 0.108 e. The zero-order valence-electron chi connectivity index (χ0n) is 11.6. The van der Waals surface area contributed by atoms with Crippen molar-refractivity contribution in [3.8, 4) is 0 Å². The van der Waals surface area contributed by atoms with E-state index >= 15 is 0 Å². The number of methoxy groups -OCH3 is 1. The number of aliphatic hydroxyl groups is 1. The second kappa shape index (κ2) is 5.02. The molecule has 0 saturated heterocycles. The van der Waals surface area contributed by atoms with Gasteiger partial charge in [-0.3, -0.25) is 0 Å². The average molecular weight is 248 g/mol. The molecule has 1 aromatic rings. The van der Waals surface area contributed by atoms with E-state index in [1.54, 1.807) is 7.11 Å². The maximum Gasteiger partial charge on any atom is 0.108 e. The van der Waals surface area contributed by atoms with E-state index in [0.717, 1.165) is 31.2 Å². The fraction of sp³-hybridized carbons (Fsp3) is 0.625. The predicted octanol–water partition coefficient (Wildman–Crippen LogP) is 3.71. The van der Waals surface area contributed by atoms with Crippen molar-refractivity contribution in [2.75, 3.05) is 7.11 Å². The summed E-state index contributed by atoms with van der Waals surface area (Å²) in [6.07, 6.45) is 3.52. The normalized spacial score (nSPS) is 23.6. The molecule has 0 amide bonds. The maximum absolute atomic E-state index is 10.6. The van der Waals surface area contributed by atoms with Gasteiger partial charge in [-0.05, 0) is 36.7 Å². The molecule has 1 aliphatic carbocycles. The molecule has 0 radical (unpaired) electrons. The van der Waals surface area contributed by atoms with Crippen LogP contribution in [0.3, 0.4) is 0 Å². The summed E-state index contributed by atoms with van der Waals surface area (Å²) in [7, 11) is 1.73. The Kier molecular flexibility index (Phi) is 3.79. The molecule has 0 heterocycles. The summed E-state index contributed by atoms with van der Waals surface area (Å²) >= 11 is 0. The fourth-order valence-corrected chi connectivity index (χ4v) is 2.88. The van der Waals surface area contributed by atoms with Gasteiger partial charge in [-0.1, -0.05) is 44.2 Å². The highest BCUT2D eigenvalue weighted by Gasteiger charge is 2.44. The summed E-state index contributed by atoms with van der Waals surface area (Å²) in [5.74, 6) is 0. The Morgan fingerprint density at radius 3 is 2.11 bits per heavy atom. The van der Waals surface area contributed by atoms with Crippen molar-refractivity contribution in [3.05, 3.63) is 35.9 Å². The number of ether oxygens (including phenoxy) is 1. The molecular weight excluding hydrogens is 224 g/mol. The zero-order chi connectivity index (χ0) is 13.2. The third-order valence-corrected chi connectivity index (χ3v) is 4.47. The van der Waals surface area contributed by atoms with Gasteiger partial charge in [0.25, 0.3) is 0 Å². The first-order chi connectivity index (χ1) is 8.49. The van der Waals surface area contributed by atoms with Crippen LogP contribution in [0.1, 0.15) is 51.2 Å². The van der Waals surface area contributed by atoms with Crippen molar-refractivity contribution < 1.29 is 9.84 Å². The average Bonchev–Trinajstić information content (AvgIpc) is 2.40. The van der Waals surface area contributed by atoms with Gasteiger partial charge in [0.1, 0.15) is 6.10 Å². The molecule has 18 heavy (non-hydrogen) atoms. The van der Waals surface area contributed by atoms with Crippen molar-refractivity contribution in [1.29, 1.82) is 0 Å². The van der Waals surface area contributed by atoms with Crippen LogP contribution >= 0.6 is 0 Å². The lowest BCUT2D eigenvalue weighted by molar-refractivity contribution is -0.138. The Balaban J connectivity index is 2.19. The SMILES string of the molecule is COC1(C(O)c2ccccc2)CCC(C)(C)CC1. The summed E-state index contributed by atoms with van der Waals surface area (Å²) < 4.78 is 5.74. The van der Waals surface area contributed by atoms with Crippen LogP contribution in [0.25, 0.3) is 0 Å². The number of hydrogen-bond acceptors (Lipinski definition) is 2. The molecule has 1 fully saturated rings. The summed E-state index contributed by atoms with van der Waals surface area (Å²) in [6.45, 7) is 4.59. The first-order valence-electron chi connectivity index (χ1n) is 6.77. The molecular formula is C16H24O2. The number of hydrogen-bond donors (Lipinski definition) is 1. The van der Waals surface area contributed by atoms with Crippen LogP contribution in [-0.2, 0) is 4.74 Å². The molecule has 1 saturated carbocycles. The third-order valence-electron chi connectivity index (χ3n) is 4.47. The minimum atomic E-state index is -0.528. The first-order valence-corrected chi connectivity index (χ1v) is 6.77. The van der Waals surface area contributed by atoms with E-state index in [1.807, 2.05) is 30.3 Å². The first kappa shape index (κ1) is 13.6. The minimum absolute atomic E-state index is 0.373. The molecule has 0 bridgehead atoms. The van der Waals surface area contributed by atoms with Gasteiger partial charge in [0.15, 0.2) is 0 Å². The van der Waals surface area contributed by atoms with E-state index in [-0.39, 0.29) is 0 Å². The van der Waals surface area contributed by atoms with E-state index in [0.29, 0.717) is 5.41 Å². The van der Waals surface area contributed by atoms with Gasteiger partial charge < -0.3 is 9.84 Å². The third kappa shape index (κ3) is 2.60. The molecule has 1 aliphatic rings. The lowest BCUT2D eigenvalue weighted by atomic mass is 9.68. The van der Waals surface area contributed by atoms with Gasteiger partial charge in [0, 0.05) is 7.11 Å². The van der Waals surface area contributed by atoms with Crippen LogP contribution in [0.4, 0.5) is 0 Å². The second-order valence-corrected chi connectivity index (χ2v) is 6.25. The molecule has 0 spiro atoms. The molecule has 2 heteroatoms. The molecule has 0 aromatic heterocycles. The molecule has 2 rings (SSSR count). The minimum Gasteiger partial charge on any atom is -0.385 e. The van der Waals surface area contributed by atoms with Gasteiger partial charge in [0.2, 0.25) is 0 Å². The van der Waals surface area contributed by atoms with Crippen LogP contribution in [0.2, 0.25) is 0 Å². The van der Waals surface area contributed by atoms with E-state index in [4.69, 9.17) is 4.74 Å². The van der Waals surface area contributed by atoms with Gasteiger partial charge in [-0.2, -0.15) is 0 Å². The van der Waals surface area contributed by atoms with Crippen LogP contribution in [0.5, 0.6) is 0 Å². The van der Waals surface area contributed by atoms with E-state index in [1.165, 1.54) is 0 Å². The number of rotatable bonds is 3. The predicted molar refractivity (Wildman–Crippen MR) is 73.4 cm³/mol. The molecule has 100 valence electrons. The number of benzene rings is 1. The Morgan fingerprint density at radius 2 is 1.61 bits per heavy atom. The molecule has 1 atom stereocenters. The van der Waals surface area contributed by atoms with Crippen molar-refractivity contribution in [2.45, 2.75) is 51.2 Å². The molecule has 1 N–H and O–H groups in total. The molecule has 2 nitrogen and oxygen atoms in total. The monoisotopic (exact) mass is 248 g/mol. The Hall–Kier alpha value is -0.860. The standard InChI is InChI=1S/C16H24O2/c1-15(2)9-11-16(18-3,12-10-15)14(17)13-7-5-4-6-8-13/h4-8,14,17H,9-12H2,1-3H3. The quantitative estimate of drug-likeness (QED) is 0.883. The highest BCUT2D eigenvalue weighted by molar-refractivity contribution is 5.21. The molecule has 0 aliphatic heterocycles. The van der Waals surface area contributed by atoms with Crippen LogP contribution in [0, 0.1) is 5.41 Å². The zero-order valence-corrected chi connectivity index (χ0v) is 11.6. The molecule has 1 unspecified atom stereocenters. The summed E-state index contributed by atoms with van der Waals surface area (Å²) in [6, 6.07) is 9.86. The summed E-state index contributed by atoms with van der Waals surface area (Å²) in [5.41, 5.74) is 0.925. The van der Waals surface area contributed by atoms with Crippen molar-refractivity contribution in [3.63, 3.8) is 0 Å². The van der Waals surface area contributed by atoms with Crippen molar-refractivity contribution in [2.24, 2.45) is 5.41 Å². The Morgan fingerprint density at radius 1 is 1.06 bits per heavy atom. The van der Waals surface area contributed by atoms with Crippen LogP contribution in [-0.4, -0.2) is 17.8 Å². The largest absolute Gasteiger partial charge is 0.385 e. The summed E-state index contributed by atoms with van der Waals surface area (Å²) in [4.78, 5) is 0. The van der Waals surface area contributed by atoms with Gasteiger partial charge in [-0.25, -0.2) is 0 Å². The van der Waals surface area contributed by atoms with Gasteiger partial charge >= 0.3 is 0 Å². The highest BCUT2D eigenvalue weighted by Crippen LogP contribution is 2.47. The topological polar surface area (TPSA) is 29.5 Å².